The minimum Gasteiger partial charge on any atom is -0.497 e. The Morgan fingerprint density at radius 1 is 1.29 bits per heavy atom. The minimum absolute atomic E-state index is 0.141. The number of thioether (sulfide) groups is 1. The lowest BCUT2D eigenvalue weighted by atomic mass is 10.3. The molecule has 0 heterocycles. The van der Waals surface area contributed by atoms with Crippen molar-refractivity contribution in [2.45, 2.75) is 30.8 Å². The van der Waals surface area contributed by atoms with Crippen LogP contribution in [-0.4, -0.2) is 36.7 Å². The van der Waals surface area contributed by atoms with Gasteiger partial charge in [-0.25, -0.2) is 0 Å². The van der Waals surface area contributed by atoms with Crippen molar-refractivity contribution in [2.24, 2.45) is 0 Å². The summed E-state index contributed by atoms with van der Waals surface area (Å²) < 4.78 is 5.11. The number of rotatable bonds is 7. The highest BCUT2D eigenvalue weighted by atomic mass is 32.2. The third-order valence-electron chi connectivity index (χ3n) is 2.30. The van der Waals surface area contributed by atoms with Gasteiger partial charge in [0, 0.05) is 22.7 Å². The summed E-state index contributed by atoms with van der Waals surface area (Å²) in [6.07, 6.45) is 0. The van der Waals surface area contributed by atoms with Crippen LogP contribution in [0.5, 0.6) is 5.75 Å². The second kappa shape index (κ2) is 7.58. The average molecular weight is 255 g/mol. The van der Waals surface area contributed by atoms with Gasteiger partial charge < -0.3 is 15.2 Å². The summed E-state index contributed by atoms with van der Waals surface area (Å²) in [6.45, 7) is 4.34. The van der Waals surface area contributed by atoms with Crippen molar-refractivity contribution in [1.82, 2.24) is 5.32 Å². The van der Waals surface area contributed by atoms with E-state index < -0.39 is 0 Å². The monoisotopic (exact) mass is 255 g/mol. The molecular weight excluding hydrogens is 234 g/mol. The molecule has 2 N–H and O–H groups in total. The molecule has 0 fully saturated rings. The molecular formula is C13H21NO2S. The molecule has 1 rings (SSSR count). The molecule has 96 valence electrons. The first-order valence-corrected chi connectivity index (χ1v) is 6.78. The van der Waals surface area contributed by atoms with Gasteiger partial charge in [-0.15, -0.1) is 11.8 Å². The highest BCUT2D eigenvalue weighted by Gasteiger charge is 2.08. The normalized spacial score (nSPS) is 12.8. The topological polar surface area (TPSA) is 41.5 Å². The summed E-state index contributed by atoms with van der Waals surface area (Å²) in [5.74, 6) is 1.73. The maximum atomic E-state index is 9.24. The van der Waals surface area contributed by atoms with Gasteiger partial charge >= 0.3 is 0 Å². The Kier molecular flexibility index (Phi) is 6.40. The van der Waals surface area contributed by atoms with Crippen LogP contribution in [0.1, 0.15) is 13.8 Å². The third-order valence-corrected chi connectivity index (χ3v) is 3.47. The SMILES string of the molecule is COc1ccc(SCC(CO)NC(C)C)cc1. The van der Waals surface area contributed by atoms with Crippen LogP contribution in [0.25, 0.3) is 0 Å². The molecule has 0 aliphatic heterocycles. The standard InChI is InChI=1S/C13H21NO2S/c1-10(2)14-11(8-15)9-17-13-6-4-12(16-3)5-7-13/h4-7,10-11,14-15H,8-9H2,1-3H3. The molecule has 1 unspecified atom stereocenters. The Hall–Kier alpha value is -0.710. The van der Waals surface area contributed by atoms with Gasteiger partial charge in [0.1, 0.15) is 5.75 Å². The Morgan fingerprint density at radius 2 is 1.94 bits per heavy atom. The summed E-state index contributed by atoms with van der Waals surface area (Å²) in [5.41, 5.74) is 0. The van der Waals surface area contributed by atoms with Gasteiger partial charge in [0.05, 0.1) is 13.7 Å². The maximum Gasteiger partial charge on any atom is 0.118 e. The summed E-state index contributed by atoms with van der Waals surface area (Å²) in [6, 6.07) is 8.50. The van der Waals surface area contributed by atoms with Crippen LogP contribution in [0, 0.1) is 0 Å². The fourth-order valence-corrected chi connectivity index (χ4v) is 2.42. The van der Waals surface area contributed by atoms with Gasteiger partial charge in [-0.2, -0.15) is 0 Å². The van der Waals surface area contributed by atoms with E-state index in [0.717, 1.165) is 11.5 Å². The summed E-state index contributed by atoms with van der Waals surface area (Å²) in [5, 5.41) is 12.6. The van der Waals surface area contributed by atoms with Crippen LogP contribution in [0.15, 0.2) is 29.2 Å². The zero-order valence-corrected chi connectivity index (χ0v) is 11.5. The van der Waals surface area contributed by atoms with E-state index in [0.29, 0.717) is 6.04 Å². The molecule has 1 atom stereocenters. The first-order valence-electron chi connectivity index (χ1n) is 5.79. The third kappa shape index (κ3) is 5.44. The van der Waals surface area contributed by atoms with Gasteiger partial charge in [0.2, 0.25) is 0 Å². The van der Waals surface area contributed by atoms with E-state index in [1.54, 1.807) is 18.9 Å². The molecule has 17 heavy (non-hydrogen) atoms. The highest BCUT2D eigenvalue weighted by molar-refractivity contribution is 7.99. The van der Waals surface area contributed by atoms with Crippen LogP contribution in [0.2, 0.25) is 0 Å². The number of ether oxygens (including phenoxy) is 1. The Bertz CT molecular complexity index is 314. The van der Waals surface area contributed by atoms with Crippen molar-refractivity contribution in [3.8, 4) is 5.75 Å². The van der Waals surface area contributed by atoms with Crippen molar-refractivity contribution in [3.05, 3.63) is 24.3 Å². The van der Waals surface area contributed by atoms with E-state index in [-0.39, 0.29) is 12.6 Å². The van der Waals surface area contributed by atoms with Crippen molar-refractivity contribution in [1.29, 1.82) is 0 Å². The van der Waals surface area contributed by atoms with Crippen LogP contribution < -0.4 is 10.1 Å². The van der Waals surface area contributed by atoms with Crippen molar-refractivity contribution >= 4 is 11.8 Å². The predicted molar refractivity (Wildman–Crippen MR) is 72.9 cm³/mol. The van der Waals surface area contributed by atoms with Crippen LogP contribution in [0.4, 0.5) is 0 Å². The molecule has 0 aliphatic carbocycles. The van der Waals surface area contributed by atoms with E-state index in [1.165, 1.54) is 4.90 Å². The molecule has 3 nitrogen and oxygen atoms in total. The lowest BCUT2D eigenvalue weighted by molar-refractivity contribution is 0.247. The highest BCUT2D eigenvalue weighted by Crippen LogP contribution is 2.21. The Morgan fingerprint density at radius 3 is 2.41 bits per heavy atom. The summed E-state index contributed by atoms with van der Waals surface area (Å²) in [4.78, 5) is 1.19. The van der Waals surface area contributed by atoms with Gasteiger partial charge in [-0.05, 0) is 24.3 Å². The number of benzene rings is 1. The predicted octanol–water partition coefficient (Wildman–Crippen LogP) is 2.15. The second-order valence-corrected chi connectivity index (χ2v) is 5.28. The van der Waals surface area contributed by atoms with Crippen LogP contribution >= 0.6 is 11.8 Å². The smallest absolute Gasteiger partial charge is 0.118 e. The zero-order chi connectivity index (χ0) is 12.7. The molecule has 0 amide bonds. The molecule has 0 bridgehead atoms. The molecule has 1 aromatic carbocycles. The molecule has 1 aromatic rings. The fraction of sp³-hybridized carbons (Fsp3) is 0.538. The van der Waals surface area contributed by atoms with E-state index >= 15 is 0 Å². The lowest BCUT2D eigenvalue weighted by Crippen LogP contribution is -2.39. The van der Waals surface area contributed by atoms with E-state index in [1.807, 2.05) is 24.3 Å². The Labute approximate surface area is 108 Å². The van der Waals surface area contributed by atoms with Gasteiger partial charge in [0.15, 0.2) is 0 Å². The molecule has 0 spiro atoms. The minimum atomic E-state index is 0.141. The summed E-state index contributed by atoms with van der Waals surface area (Å²) >= 11 is 1.74. The largest absolute Gasteiger partial charge is 0.497 e. The van der Waals surface area contributed by atoms with E-state index in [9.17, 15) is 5.11 Å². The number of methoxy groups -OCH3 is 1. The second-order valence-electron chi connectivity index (χ2n) is 4.19. The van der Waals surface area contributed by atoms with Crippen molar-refractivity contribution in [3.63, 3.8) is 0 Å². The Balaban J connectivity index is 2.42. The quantitative estimate of drug-likeness (QED) is 0.733. The number of hydrogen-bond donors (Lipinski definition) is 2. The van der Waals surface area contributed by atoms with E-state index in [2.05, 4.69) is 19.2 Å². The fourth-order valence-electron chi connectivity index (χ4n) is 1.49. The first kappa shape index (κ1) is 14.4. The van der Waals surface area contributed by atoms with Crippen molar-refractivity contribution in [2.75, 3.05) is 19.5 Å². The molecule has 0 saturated heterocycles. The van der Waals surface area contributed by atoms with Gasteiger partial charge in [-0.1, -0.05) is 13.8 Å². The molecule has 0 aliphatic rings. The molecule has 0 saturated carbocycles. The first-order chi connectivity index (χ1) is 8.15. The molecule has 0 aromatic heterocycles. The van der Waals surface area contributed by atoms with Gasteiger partial charge in [-0.3, -0.25) is 0 Å². The lowest BCUT2D eigenvalue weighted by Gasteiger charge is -2.18. The number of nitrogens with one attached hydrogen (secondary N) is 1. The van der Waals surface area contributed by atoms with Crippen molar-refractivity contribution < 1.29 is 9.84 Å². The maximum absolute atomic E-state index is 9.24. The number of aliphatic hydroxyl groups excluding tert-OH is 1. The average Bonchev–Trinajstić information content (AvgIpc) is 2.34. The molecule has 0 radical (unpaired) electrons. The van der Waals surface area contributed by atoms with E-state index in [4.69, 9.17) is 4.74 Å². The molecule has 4 heteroatoms. The zero-order valence-electron chi connectivity index (χ0n) is 10.6. The summed E-state index contributed by atoms with van der Waals surface area (Å²) in [7, 11) is 1.66. The van der Waals surface area contributed by atoms with Gasteiger partial charge in [0.25, 0.3) is 0 Å². The number of hydrogen-bond acceptors (Lipinski definition) is 4. The number of aliphatic hydroxyl groups is 1. The van der Waals surface area contributed by atoms with Crippen LogP contribution in [0.3, 0.4) is 0 Å². The van der Waals surface area contributed by atoms with Crippen LogP contribution in [-0.2, 0) is 0 Å².